The summed E-state index contributed by atoms with van der Waals surface area (Å²) in [6.07, 6.45) is 4.34. The number of carbonyl (C=O) groups is 2. The summed E-state index contributed by atoms with van der Waals surface area (Å²) in [5.74, 6) is -0.243. The molecule has 4 rings (SSSR count). The molecule has 2 fully saturated rings. The van der Waals surface area contributed by atoms with Gasteiger partial charge in [-0.3, -0.25) is 4.90 Å². The van der Waals surface area contributed by atoms with Crippen LogP contribution in [-0.2, 0) is 10.2 Å². The average molecular weight is 447 g/mol. The smallest absolute Gasteiger partial charge is 0.409 e. The van der Waals surface area contributed by atoms with Crippen LogP contribution in [0, 0.1) is 5.82 Å². The largest absolute Gasteiger partial charge is 0.449 e. The Morgan fingerprint density at radius 3 is 2.47 bits per heavy atom. The topological polar surface area (TPSA) is 56.3 Å². The lowest BCUT2D eigenvalue weighted by Crippen LogP contribution is -2.52. The van der Waals surface area contributed by atoms with Gasteiger partial charge in [0.25, 0.3) is 0 Å². The maximum absolute atomic E-state index is 14.2. The summed E-state index contributed by atoms with van der Waals surface area (Å²) in [4.78, 5) is 32.6. The van der Waals surface area contributed by atoms with Crippen LogP contribution in [0.25, 0.3) is 0 Å². The summed E-state index contributed by atoms with van der Waals surface area (Å²) in [5.41, 5.74) is 1.63. The van der Waals surface area contributed by atoms with Gasteiger partial charge in [0.1, 0.15) is 5.82 Å². The quantitative estimate of drug-likeness (QED) is 0.711. The number of urea groups is 1. The zero-order valence-electron chi connectivity index (χ0n) is 19.5. The van der Waals surface area contributed by atoms with E-state index in [0.717, 1.165) is 69.5 Å². The number of hydrogen-bond donors (Lipinski definition) is 0. The van der Waals surface area contributed by atoms with Crippen molar-refractivity contribution in [1.82, 2.24) is 14.7 Å². The standard InChI is InChI=1S/C24H35FN4O3/c1-4-15-32-23(31)28-11-7-19(8-12-28)27-13-9-24(10-14-27)17-29(22(30)26(2)3)21-6-5-18(25)16-20(21)24/h5-6,16,19H,4,7-15,17H2,1-3H3. The van der Waals surface area contributed by atoms with E-state index < -0.39 is 0 Å². The molecule has 0 saturated carbocycles. The SMILES string of the molecule is CCCOC(=O)N1CCC(N2CCC3(CC2)CN(C(=O)N(C)C)c2ccc(F)cc23)CC1. The van der Waals surface area contributed by atoms with Gasteiger partial charge in [0.15, 0.2) is 0 Å². The zero-order chi connectivity index (χ0) is 22.9. The molecule has 7 nitrogen and oxygen atoms in total. The zero-order valence-corrected chi connectivity index (χ0v) is 19.5. The first kappa shape index (κ1) is 22.8. The Morgan fingerprint density at radius 1 is 1.16 bits per heavy atom. The Labute approximate surface area is 190 Å². The number of likely N-dealkylation sites (tertiary alicyclic amines) is 2. The average Bonchev–Trinajstić information content (AvgIpc) is 3.10. The molecule has 0 atom stereocenters. The van der Waals surface area contributed by atoms with Gasteiger partial charge < -0.3 is 19.4 Å². The third kappa shape index (κ3) is 4.29. The predicted molar refractivity (Wildman–Crippen MR) is 122 cm³/mol. The molecule has 1 spiro atoms. The summed E-state index contributed by atoms with van der Waals surface area (Å²) in [7, 11) is 3.51. The Morgan fingerprint density at radius 2 is 1.84 bits per heavy atom. The minimum absolute atomic E-state index is 0.0560. The highest BCUT2D eigenvalue weighted by atomic mass is 19.1. The second-order valence-electron chi connectivity index (χ2n) is 9.57. The van der Waals surface area contributed by atoms with Crippen LogP contribution >= 0.6 is 0 Å². The van der Waals surface area contributed by atoms with E-state index in [2.05, 4.69) is 4.90 Å². The normalized spacial score (nSPS) is 21.0. The van der Waals surface area contributed by atoms with E-state index in [1.165, 1.54) is 6.07 Å². The third-order valence-electron chi connectivity index (χ3n) is 7.32. The summed E-state index contributed by atoms with van der Waals surface area (Å²) in [5, 5.41) is 0. The molecule has 1 aromatic carbocycles. The maximum atomic E-state index is 14.2. The number of nitrogens with zero attached hydrogens (tertiary/aromatic N) is 4. The highest BCUT2D eigenvalue weighted by molar-refractivity contribution is 5.95. The van der Waals surface area contributed by atoms with Gasteiger partial charge in [0.2, 0.25) is 0 Å². The lowest BCUT2D eigenvalue weighted by atomic mass is 9.74. The number of ether oxygens (including phenoxy) is 1. The number of anilines is 1. The first-order chi connectivity index (χ1) is 15.3. The number of rotatable bonds is 3. The van der Waals surface area contributed by atoms with Crippen molar-refractivity contribution in [2.24, 2.45) is 0 Å². The monoisotopic (exact) mass is 446 g/mol. The molecular formula is C24H35FN4O3. The number of benzene rings is 1. The molecular weight excluding hydrogens is 411 g/mol. The van der Waals surface area contributed by atoms with E-state index in [1.807, 2.05) is 16.7 Å². The molecule has 0 radical (unpaired) electrons. The van der Waals surface area contributed by atoms with Crippen LogP contribution in [0.2, 0.25) is 0 Å². The fraction of sp³-hybridized carbons (Fsp3) is 0.667. The van der Waals surface area contributed by atoms with Gasteiger partial charge in [-0.05, 0) is 69.0 Å². The van der Waals surface area contributed by atoms with Crippen molar-refractivity contribution < 1.29 is 18.7 Å². The van der Waals surface area contributed by atoms with E-state index in [1.54, 1.807) is 31.1 Å². The summed E-state index contributed by atoms with van der Waals surface area (Å²) < 4.78 is 19.4. The van der Waals surface area contributed by atoms with Crippen LogP contribution in [0.15, 0.2) is 18.2 Å². The van der Waals surface area contributed by atoms with Crippen molar-refractivity contribution in [1.29, 1.82) is 0 Å². The number of carbonyl (C=O) groups excluding carboxylic acids is 2. The Hall–Kier alpha value is -2.35. The minimum atomic E-state index is -0.243. The van der Waals surface area contributed by atoms with E-state index in [-0.39, 0.29) is 23.4 Å². The van der Waals surface area contributed by atoms with Crippen LogP contribution in [-0.4, -0.2) is 86.3 Å². The summed E-state index contributed by atoms with van der Waals surface area (Å²) in [6.45, 7) is 6.38. The molecule has 3 amide bonds. The lowest BCUT2D eigenvalue weighted by Gasteiger charge is -2.45. The van der Waals surface area contributed by atoms with Crippen LogP contribution in [0.3, 0.4) is 0 Å². The van der Waals surface area contributed by atoms with Crippen LogP contribution < -0.4 is 4.90 Å². The number of fused-ring (bicyclic) bond motifs is 2. The van der Waals surface area contributed by atoms with Gasteiger partial charge in [-0.25, -0.2) is 14.0 Å². The van der Waals surface area contributed by atoms with E-state index in [4.69, 9.17) is 4.74 Å². The van der Waals surface area contributed by atoms with Crippen molar-refractivity contribution in [3.05, 3.63) is 29.6 Å². The second kappa shape index (κ2) is 9.25. The van der Waals surface area contributed by atoms with Gasteiger partial charge >= 0.3 is 12.1 Å². The molecule has 8 heteroatoms. The molecule has 0 aromatic heterocycles. The van der Waals surface area contributed by atoms with Gasteiger partial charge in [0.05, 0.1) is 6.61 Å². The molecule has 3 heterocycles. The Bertz CT molecular complexity index is 846. The van der Waals surface area contributed by atoms with Crippen molar-refractivity contribution >= 4 is 17.8 Å². The number of hydrogen-bond acceptors (Lipinski definition) is 4. The van der Waals surface area contributed by atoms with E-state index >= 15 is 0 Å². The molecule has 32 heavy (non-hydrogen) atoms. The van der Waals surface area contributed by atoms with E-state index in [0.29, 0.717) is 19.2 Å². The molecule has 0 aliphatic carbocycles. The van der Waals surface area contributed by atoms with Gasteiger partial charge in [0, 0.05) is 50.9 Å². The summed E-state index contributed by atoms with van der Waals surface area (Å²) in [6, 6.07) is 5.23. The molecule has 3 aliphatic heterocycles. The van der Waals surface area contributed by atoms with Crippen molar-refractivity contribution in [3.63, 3.8) is 0 Å². The molecule has 0 unspecified atom stereocenters. The molecule has 2 saturated heterocycles. The Balaban J connectivity index is 1.40. The fourth-order valence-corrected chi connectivity index (χ4v) is 5.49. The predicted octanol–water partition coefficient (Wildman–Crippen LogP) is 3.67. The molecule has 3 aliphatic rings. The molecule has 0 bridgehead atoms. The van der Waals surface area contributed by atoms with Crippen LogP contribution in [0.5, 0.6) is 0 Å². The van der Waals surface area contributed by atoms with Crippen molar-refractivity contribution in [2.45, 2.75) is 50.5 Å². The minimum Gasteiger partial charge on any atom is -0.449 e. The number of halogens is 1. The Kier molecular flexibility index (Phi) is 6.60. The first-order valence-electron chi connectivity index (χ1n) is 11.8. The van der Waals surface area contributed by atoms with Gasteiger partial charge in [-0.1, -0.05) is 6.92 Å². The van der Waals surface area contributed by atoms with Gasteiger partial charge in [-0.2, -0.15) is 0 Å². The van der Waals surface area contributed by atoms with Crippen LogP contribution in [0.4, 0.5) is 19.7 Å². The molecule has 176 valence electrons. The number of amides is 3. The molecule has 0 N–H and O–H groups in total. The number of piperidine rings is 2. The van der Waals surface area contributed by atoms with Crippen LogP contribution in [0.1, 0.15) is 44.6 Å². The van der Waals surface area contributed by atoms with Gasteiger partial charge in [-0.15, -0.1) is 0 Å². The van der Waals surface area contributed by atoms with Crippen molar-refractivity contribution in [3.8, 4) is 0 Å². The fourth-order valence-electron chi connectivity index (χ4n) is 5.49. The summed E-state index contributed by atoms with van der Waals surface area (Å²) >= 11 is 0. The lowest BCUT2D eigenvalue weighted by molar-refractivity contribution is 0.0563. The van der Waals surface area contributed by atoms with Crippen molar-refractivity contribution in [2.75, 3.05) is 58.3 Å². The highest BCUT2D eigenvalue weighted by Gasteiger charge is 2.47. The van der Waals surface area contributed by atoms with E-state index in [9.17, 15) is 14.0 Å². The molecule has 1 aromatic rings. The first-order valence-corrected chi connectivity index (χ1v) is 11.8. The third-order valence-corrected chi connectivity index (χ3v) is 7.32. The second-order valence-corrected chi connectivity index (χ2v) is 9.57. The highest BCUT2D eigenvalue weighted by Crippen LogP contribution is 2.48. The maximum Gasteiger partial charge on any atom is 0.409 e.